The van der Waals surface area contributed by atoms with Crippen LogP contribution < -0.4 is 10.1 Å². The summed E-state index contributed by atoms with van der Waals surface area (Å²) in [6.07, 6.45) is 0.197. The zero-order valence-corrected chi connectivity index (χ0v) is 14.7. The summed E-state index contributed by atoms with van der Waals surface area (Å²) in [5, 5.41) is 13.5. The molecule has 6 nitrogen and oxygen atoms in total. The summed E-state index contributed by atoms with van der Waals surface area (Å²) in [5.41, 5.74) is 0. The van der Waals surface area contributed by atoms with E-state index in [4.69, 9.17) is 14.6 Å². The zero-order valence-electron chi connectivity index (χ0n) is 13.1. The van der Waals surface area contributed by atoms with Crippen molar-refractivity contribution >= 4 is 38.6 Å². The lowest BCUT2D eigenvalue weighted by molar-refractivity contribution is -0.142. The molecule has 0 radical (unpaired) electrons. The first-order valence-corrected chi connectivity index (χ1v) is 8.12. The second-order valence-corrected chi connectivity index (χ2v) is 6.10. The number of fused-ring (bicyclic) bond motifs is 1. The molecule has 1 amide bonds. The number of aliphatic carboxylic acids is 1. The van der Waals surface area contributed by atoms with Gasteiger partial charge in [-0.3, -0.25) is 4.79 Å². The van der Waals surface area contributed by atoms with Crippen LogP contribution in [0.25, 0.3) is 10.8 Å². The Morgan fingerprint density at radius 1 is 1.21 bits per heavy atom. The molecule has 24 heavy (non-hydrogen) atoms. The summed E-state index contributed by atoms with van der Waals surface area (Å²) >= 11 is 3.41. The van der Waals surface area contributed by atoms with E-state index >= 15 is 0 Å². The molecule has 0 aliphatic heterocycles. The average Bonchev–Trinajstić information content (AvgIpc) is 2.56. The second-order valence-electron chi connectivity index (χ2n) is 5.18. The predicted octanol–water partition coefficient (Wildman–Crippen LogP) is 2.59. The van der Waals surface area contributed by atoms with Gasteiger partial charge in [0.1, 0.15) is 11.8 Å². The number of carboxylic acid groups (broad SMARTS) is 1. The number of methoxy groups -OCH3 is 1. The zero-order chi connectivity index (χ0) is 17.5. The van der Waals surface area contributed by atoms with E-state index in [0.717, 1.165) is 15.2 Å². The van der Waals surface area contributed by atoms with Crippen LogP contribution in [0.3, 0.4) is 0 Å². The normalized spacial score (nSPS) is 11.9. The molecule has 2 aromatic rings. The Morgan fingerprint density at radius 3 is 2.62 bits per heavy atom. The highest BCUT2D eigenvalue weighted by Crippen LogP contribution is 2.24. The first-order valence-electron chi connectivity index (χ1n) is 7.33. The van der Waals surface area contributed by atoms with E-state index < -0.39 is 17.9 Å². The molecule has 0 saturated heterocycles. The van der Waals surface area contributed by atoms with Crippen molar-refractivity contribution in [2.24, 2.45) is 0 Å². The topological polar surface area (TPSA) is 84.9 Å². The van der Waals surface area contributed by atoms with Crippen LogP contribution in [0, 0.1) is 0 Å². The molecule has 0 fully saturated rings. The lowest BCUT2D eigenvalue weighted by Crippen LogP contribution is -2.43. The van der Waals surface area contributed by atoms with Crippen LogP contribution in [0.5, 0.6) is 5.75 Å². The number of carbonyl (C=O) groups excluding carboxylic acids is 1. The molecule has 0 heterocycles. The summed E-state index contributed by atoms with van der Waals surface area (Å²) in [6.45, 7) is -0.00284. The minimum Gasteiger partial charge on any atom is -0.484 e. The van der Waals surface area contributed by atoms with Gasteiger partial charge >= 0.3 is 5.97 Å². The van der Waals surface area contributed by atoms with Gasteiger partial charge in [-0.2, -0.15) is 0 Å². The molecule has 1 atom stereocenters. The Morgan fingerprint density at radius 2 is 1.92 bits per heavy atom. The number of amides is 1. The lowest BCUT2D eigenvalue weighted by Gasteiger charge is -2.14. The summed E-state index contributed by atoms with van der Waals surface area (Å²) in [5.74, 6) is -1.05. The molecule has 7 heteroatoms. The minimum absolute atomic E-state index is 0.197. The predicted molar refractivity (Wildman–Crippen MR) is 93.2 cm³/mol. The van der Waals surface area contributed by atoms with Gasteiger partial charge < -0.3 is 19.9 Å². The van der Waals surface area contributed by atoms with E-state index in [1.165, 1.54) is 7.11 Å². The van der Waals surface area contributed by atoms with Crippen LogP contribution in [0.2, 0.25) is 0 Å². The SMILES string of the molecule is COCCC(NC(=O)COc1ccc2cc(Br)ccc2c1)C(=O)O. The quantitative estimate of drug-likeness (QED) is 0.717. The van der Waals surface area contributed by atoms with Crippen molar-refractivity contribution in [3.63, 3.8) is 0 Å². The number of carboxylic acids is 1. The fraction of sp³-hybridized carbons (Fsp3) is 0.294. The van der Waals surface area contributed by atoms with Crippen LogP contribution in [0.4, 0.5) is 0 Å². The molecule has 1 unspecified atom stereocenters. The minimum atomic E-state index is -1.10. The van der Waals surface area contributed by atoms with Crippen molar-refractivity contribution in [3.05, 3.63) is 40.9 Å². The third-order valence-electron chi connectivity index (χ3n) is 3.39. The van der Waals surface area contributed by atoms with Crippen molar-refractivity contribution < 1.29 is 24.2 Å². The average molecular weight is 396 g/mol. The summed E-state index contributed by atoms with van der Waals surface area (Å²) in [6, 6.07) is 10.3. The number of benzene rings is 2. The number of ether oxygens (including phenoxy) is 2. The molecule has 0 spiro atoms. The molecule has 2 rings (SSSR count). The molecule has 0 aliphatic carbocycles. The van der Waals surface area contributed by atoms with E-state index in [9.17, 15) is 9.59 Å². The monoisotopic (exact) mass is 395 g/mol. The Hall–Kier alpha value is -2.12. The van der Waals surface area contributed by atoms with E-state index in [1.807, 2.05) is 30.3 Å². The number of nitrogens with one attached hydrogen (secondary N) is 1. The van der Waals surface area contributed by atoms with E-state index in [2.05, 4.69) is 21.2 Å². The largest absolute Gasteiger partial charge is 0.484 e. The van der Waals surface area contributed by atoms with Crippen LogP contribution >= 0.6 is 15.9 Å². The summed E-state index contributed by atoms with van der Waals surface area (Å²) < 4.78 is 11.3. The van der Waals surface area contributed by atoms with Crippen molar-refractivity contribution in [2.75, 3.05) is 20.3 Å². The summed E-state index contributed by atoms with van der Waals surface area (Å²) in [4.78, 5) is 22.9. The molecule has 2 aromatic carbocycles. The van der Waals surface area contributed by atoms with Gasteiger partial charge in [0.05, 0.1) is 0 Å². The van der Waals surface area contributed by atoms with Crippen LogP contribution in [-0.4, -0.2) is 43.3 Å². The summed E-state index contributed by atoms with van der Waals surface area (Å²) in [7, 11) is 1.47. The molecular formula is C17H18BrNO5. The van der Waals surface area contributed by atoms with E-state index in [-0.39, 0.29) is 19.6 Å². The smallest absolute Gasteiger partial charge is 0.326 e. The Labute approximate surface area is 147 Å². The highest BCUT2D eigenvalue weighted by molar-refractivity contribution is 9.10. The lowest BCUT2D eigenvalue weighted by atomic mass is 10.1. The highest BCUT2D eigenvalue weighted by Gasteiger charge is 2.19. The van der Waals surface area contributed by atoms with Crippen molar-refractivity contribution in [3.8, 4) is 5.75 Å². The molecule has 128 valence electrons. The van der Waals surface area contributed by atoms with Crippen molar-refractivity contribution in [2.45, 2.75) is 12.5 Å². The number of hydrogen-bond acceptors (Lipinski definition) is 4. The second kappa shape index (κ2) is 8.65. The van der Waals surface area contributed by atoms with Crippen molar-refractivity contribution in [1.82, 2.24) is 5.32 Å². The van der Waals surface area contributed by atoms with E-state index in [1.54, 1.807) is 6.07 Å². The molecule has 0 aromatic heterocycles. The molecular weight excluding hydrogens is 378 g/mol. The highest BCUT2D eigenvalue weighted by atomic mass is 79.9. The molecule has 0 bridgehead atoms. The molecule has 2 N–H and O–H groups in total. The third kappa shape index (κ3) is 5.21. The maximum absolute atomic E-state index is 11.9. The number of hydrogen-bond donors (Lipinski definition) is 2. The van der Waals surface area contributed by atoms with E-state index in [0.29, 0.717) is 5.75 Å². The molecule has 0 aliphatic rings. The Bertz CT molecular complexity index is 734. The third-order valence-corrected chi connectivity index (χ3v) is 3.88. The number of rotatable bonds is 8. The Kier molecular flexibility index (Phi) is 6.57. The van der Waals surface area contributed by atoms with Gasteiger partial charge in [-0.1, -0.05) is 28.1 Å². The fourth-order valence-corrected chi connectivity index (χ4v) is 2.54. The Balaban J connectivity index is 1.93. The van der Waals surface area contributed by atoms with Gasteiger partial charge in [-0.25, -0.2) is 4.79 Å². The molecule has 0 saturated carbocycles. The van der Waals surface area contributed by atoms with Crippen LogP contribution in [0.1, 0.15) is 6.42 Å². The van der Waals surface area contributed by atoms with Gasteiger partial charge in [-0.05, 0) is 35.0 Å². The van der Waals surface area contributed by atoms with Crippen LogP contribution in [-0.2, 0) is 14.3 Å². The van der Waals surface area contributed by atoms with Gasteiger partial charge in [0, 0.05) is 24.6 Å². The maximum atomic E-state index is 11.9. The van der Waals surface area contributed by atoms with Gasteiger partial charge in [0.2, 0.25) is 0 Å². The number of halogens is 1. The standard InChI is InChI=1S/C17H18BrNO5/c1-23-7-6-15(17(21)22)19-16(20)10-24-14-5-3-11-8-13(18)4-2-12(11)9-14/h2-5,8-9,15H,6-7,10H2,1H3,(H,19,20)(H,21,22). The number of carbonyl (C=O) groups is 2. The fourth-order valence-electron chi connectivity index (χ4n) is 2.16. The van der Waals surface area contributed by atoms with Gasteiger partial charge in [-0.15, -0.1) is 0 Å². The van der Waals surface area contributed by atoms with Crippen LogP contribution in [0.15, 0.2) is 40.9 Å². The first kappa shape index (κ1) is 18.2. The van der Waals surface area contributed by atoms with Gasteiger partial charge in [0.25, 0.3) is 5.91 Å². The van der Waals surface area contributed by atoms with Crippen molar-refractivity contribution in [1.29, 1.82) is 0 Å². The van der Waals surface area contributed by atoms with Gasteiger partial charge in [0.15, 0.2) is 6.61 Å². The first-order chi connectivity index (χ1) is 11.5. The maximum Gasteiger partial charge on any atom is 0.326 e.